The molecule has 2 aromatic rings. The molecule has 2 aromatic carbocycles. The van der Waals surface area contributed by atoms with Gasteiger partial charge in [0.1, 0.15) is 5.75 Å². The number of hydrogen-bond acceptors (Lipinski definition) is 4. The van der Waals surface area contributed by atoms with Gasteiger partial charge in [0, 0.05) is 24.7 Å². The molecule has 28 heavy (non-hydrogen) atoms. The van der Waals surface area contributed by atoms with Crippen LogP contribution in [0.15, 0.2) is 48.5 Å². The number of piperidine rings is 1. The summed E-state index contributed by atoms with van der Waals surface area (Å²) >= 11 is 0. The summed E-state index contributed by atoms with van der Waals surface area (Å²) in [5.41, 5.74) is 2.68. The molecule has 2 atom stereocenters. The van der Waals surface area contributed by atoms with E-state index in [1.165, 1.54) is 12.2 Å². The Morgan fingerprint density at radius 1 is 1.11 bits per heavy atom. The Balaban J connectivity index is 2.15. The van der Waals surface area contributed by atoms with Crippen LogP contribution in [0.4, 0.5) is 5.69 Å². The van der Waals surface area contributed by atoms with E-state index in [9.17, 15) is 9.59 Å². The summed E-state index contributed by atoms with van der Waals surface area (Å²) < 4.78 is 5.56. The summed E-state index contributed by atoms with van der Waals surface area (Å²) in [6.45, 7) is 2.00. The van der Waals surface area contributed by atoms with E-state index in [0.717, 1.165) is 16.8 Å². The lowest BCUT2D eigenvalue weighted by Gasteiger charge is -2.42. The molecule has 1 fully saturated rings. The normalized spacial score (nSPS) is 19.4. The van der Waals surface area contributed by atoms with Gasteiger partial charge in [-0.15, -0.1) is 0 Å². The van der Waals surface area contributed by atoms with Gasteiger partial charge < -0.3 is 9.64 Å². The van der Waals surface area contributed by atoms with Gasteiger partial charge >= 0.3 is 0 Å². The minimum Gasteiger partial charge on any atom is -0.496 e. The van der Waals surface area contributed by atoms with E-state index in [0.29, 0.717) is 18.6 Å². The molecule has 0 spiro atoms. The van der Waals surface area contributed by atoms with Crippen molar-refractivity contribution in [2.45, 2.75) is 25.8 Å². The van der Waals surface area contributed by atoms with Crippen molar-refractivity contribution in [3.63, 3.8) is 0 Å². The van der Waals surface area contributed by atoms with Gasteiger partial charge in [0.2, 0.25) is 5.91 Å². The van der Waals surface area contributed by atoms with E-state index in [2.05, 4.69) is 0 Å². The number of hydrogen-bond donors (Lipinski definition) is 0. The molecular weight excluding hydrogens is 356 g/mol. The standard InChI is InChI=1S/C22H26N2O4/c1-15-9-11-16(12-10-15)24-20(25)14-13-18(22(26)23(2)28-4)21(24)17-7-5-6-8-19(17)27-3/h5-12,18,21H,13-14H2,1-4H3/t18-,21-/m0/s1. The monoisotopic (exact) mass is 382 g/mol. The third-order valence-electron chi connectivity index (χ3n) is 5.27. The van der Waals surface area contributed by atoms with Crippen molar-refractivity contribution >= 4 is 17.5 Å². The molecule has 0 radical (unpaired) electrons. The fraction of sp³-hybridized carbons (Fsp3) is 0.364. The molecule has 1 saturated heterocycles. The molecule has 3 rings (SSSR count). The molecule has 0 aliphatic carbocycles. The average molecular weight is 382 g/mol. The molecule has 1 aliphatic rings. The first-order valence-electron chi connectivity index (χ1n) is 9.31. The van der Waals surface area contributed by atoms with Crippen LogP contribution in [0.2, 0.25) is 0 Å². The summed E-state index contributed by atoms with van der Waals surface area (Å²) in [7, 11) is 4.65. The number of carbonyl (C=O) groups excluding carboxylic acids is 2. The molecule has 2 amide bonds. The van der Waals surface area contributed by atoms with Crippen LogP contribution in [-0.2, 0) is 14.4 Å². The number of anilines is 1. The maximum atomic E-state index is 13.1. The first-order valence-corrected chi connectivity index (χ1v) is 9.31. The predicted octanol–water partition coefficient (Wildman–Crippen LogP) is 3.51. The Labute approximate surface area is 165 Å². The first kappa shape index (κ1) is 19.9. The third kappa shape index (κ3) is 3.73. The number of nitrogens with zero attached hydrogens (tertiary/aromatic N) is 2. The third-order valence-corrected chi connectivity index (χ3v) is 5.27. The van der Waals surface area contributed by atoms with E-state index < -0.39 is 12.0 Å². The summed E-state index contributed by atoms with van der Waals surface area (Å²) in [6, 6.07) is 14.8. The van der Waals surface area contributed by atoms with Gasteiger partial charge in [-0.1, -0.05) is 35.9 Å². The van der Waals surface area contributed by atoms with Crippen LogP contribution in [0.5, 0.6) is 5.75 Å². The Hall–Kier alpha value is -2.86. The van der Waals surface area contributed by atoms with Crippen LogP contribution >= 0.6 is 0 Å². The van der Waals surface area contributed by atoms with E-state index >= 15 is 0 Å². The molecule has 148 valence electrons. The zero-order chi connectivity index (χ0) is 20.3. The van der Waals surface area contributed by atoms with Gasteiger partial charge in [-0.25, -0.2) is 5.06 Å². The van der Waals surface area contributed by atoms with Crippen molar-refractivity contribution in [1.29, 1.82) is 0 Å². The molecule has 1 heterocycles. The lowest BCUT2D eigenvalue weighted by atomic mass is 9.82. The van der Waals surface area contributed by atoms with Gasteiger partial charge in [0.25, 0.3) is 5.91 Å². The lowest BCUT2D eigenvalue weighted by Crippen LogP contribution is -2.48. The number of ether oxygens (including phenoxy) is 1. The number of methoxy groups -OCH3 is 1. The van der Waals surface area contributed by atoms with Crippen LogP contribution in [0.25, 0.3) is 0 Å². The second-order valence-corrected chi connectivity index (χ2v) is 6.95. The van der Waals surface area contributed by atoms with E-state index in [-0.39, 0.29) is 11.8 Å². The maximum Gasteiger partial charge on any atom is 0.251 e. The van der Waals surface area contributed by atoms with Gasteiger partial charge in [0.05, 0.1) is 26.2 Å². The summed E-state index contributed by atoms with van der Waals surface area (Å²) in [6.07, 6.45) is 0.754. The van der Waals surface area contributed by atoms with Crippen molar-refractivity contribution in [3.05, 3.63) is 59.7 Å². The van der Waals surface area contributed by atoms with Gasteiger partial charge in [-0.2, -0.15) is 0 Å². The number of carbonyl (C=O) groups is 2. The average Bonchev–Trinajstić information content (AvgIpc) is 2.73. The van der Waals surface area contributed by atoms with E-state index in [1.54, 1.807) is 19.1 Å². The number of aryl methyl sites for hydroxylation is 1. The van der Waals surface area contributed by atoms with Crippen LogP contribution in [-0.4, -0.2) is 38.1 Å². The lowest BCUT2D eigenvalue weighted by molar-refractivity contribution is -0.175. The number of benzene rings is 2. The van der Waals surface area contributed by atoms with Crippen LogP contribution in [0.1, 0.15) is 30.0 Å². The molecular formula is C22H26N2O4. The predicted molar refractivity (Wildman–Crippen MR) is 107 cm³/mol. The molecule has 1 aliphatic heterocycles. The zero-order valence-corrected chi connectivity index (χ0v) is 16.7. The second-order valence-electron chi connectivity index (χ2n) is 6.95. The molecule has 0 saturated carbocycles. The van der Waals surface area contributed by atoms with E-state index in [4.69, 9.17) is 9.57 Å². The summed E-state index contributed by atoms with van der Waals surface area (Å²) in [4.78, 5) is 32.9. The van der Waals surface area contributed by atoms with Crippen molar-refractivity contribution < 1.29 is 19.2 Å². The first-order chi connectivity index (χ1) is 13.5. The van der Waals surface area contributed by atoms with Gasteiger partial charge in [0.15, 0.2) is 0 Å². The van der Waals surface area contributed by atoms with Crippen molar-refractivity contribution in [3.8, 4) is 5.75 Å². The Morgan fingerprint density at radius 2 is 1.79 bits per heavy atom. The highest BCUT2D eigenvalue weighted by molar-refractivity contribution is 5.97. The van der Waals surface area contributed by atoms with Gasteiger partial charge in [-0.05, 0) is 31.5 Å². The molecule has 6 heteroatoms. The fourth-order valence-corrected chi connectivity index (χ4v) is 3.75. The molecule has 0 unspecified atom stereocenters. The maximum absolute atomic E-state index is 13.1. The highest BCUT2D eigenvalue weighted by Crippen LogP contribution is 2.43. The van der Waals surface area contributed by atoms with Crippen molar-refractivity contribution in [1.82, 2.24) is 5.06 Å². The topological polar surface area (TPSA) is 59.1 Å². The van der Waals surface area contributed by atoms with Crippen molar-refractivity contribution in [2.75, 3.05) is 26.2 Å². The second kappa shape index (κ2) is 8.44. The van der Waals surface area contributed by atoms with Crippen molar-refractivity contribution in [2.24, 2.45) is 5.92 Å². The van der Waals surface area contributed by atoms with Crippen LogP contribution in [0, 0.1) is 12.8 Å². The quantitative estimate of drug-likeness (QED) is 0.743. The zero-order valence-electron chi connectivity index (χ0n) is 16.7. The highest BCUT2D eigenvalue weighted by Gasteiger charge is 2.43. The molecule has 0 bridgehead atoms. The number of amides is 2. The largest absolute Gasteiger partial charge is 0.496 e. The Kier molecular flexibility index (Phi) is 5.99. The Morgan fingerprint density at radius 3 is 2.43 bits per heavy atom. The van der Waals surface area contributed by atoms with Gasteiger partial charge in [-0.3, -0.25) is 14.4 Å². The highest BCUT2D eigenvalue weighted by atomic mass is 16.7. The number of rotatable bonds is 5. The molecule has 6 nitrogen and oxygen atoms in total. The number of para-hydroxylation sites is 1. The Bertz CT molecular complexity index is 850. The minimum atomic E-state index is -0.481. The minimum absolute atomic E-state index is 0.0103. The number of hydroxylamine groups is 2. The SMILES string of the molecule is COc1ccccc1[C@H]1[C@@H](C(=O)N(C)OC)CCC(=O)N1c1ccc(C)cc1. The van der Waals surface area contributed by atoms with E-state index in [1.807, 2.05) is 55.5 Å². The summed E-state index contributed by atoms with van der Waals surface area (Å²) in [5.74, 6) is 0.0318. The molecule has 0 N–H and O–H groups in total. The fourth-order valence-electron chi connectivity index (χ4n) is 3.75. The smallest absolute Gasteiger partial charge is 0.251 e. The van der Waals surface area contributed by atoms with Crippen LogP contribution < -0.4 is 9.64 Å². The molecule has 0 aromatic heterocycles. The summed E-state index contributed by atoms with van der Waals surface area (Å²) in [5, 5.41) is 1.23. The van der Waals surface area contributed by atoms with Crippen LogP contribution in [0.3, 0.4) is 0 Å².